The van der Waals surface area contributed by atoms with Crippen LogP contribution in [0.4, 0.5) is 0 Å². The van der Waals surface area contributed by atoms with Gasteiger partial charge in [0.1, 0.15) is 24.2 Å². The van der Waals surface area contributed by atoms with E-state index < -0.39 is 19.0 Å². The molecule has 3 aromatic rings. The molecule has 0 saturated carbocycles. The van der Waals surface area contributed by atoms with Gasteiger partial charge in [-0.2, -0.15) is 5.10 Å². The summed E-state index contributed by atoms with van der Waals surface area (Å²) >= 11 is 0. The third-order valence-electron chi connectivity index (χ3n) is 4.58. The number of hydrogen-bond donors (Lipinski definition) is 3. The average molecular weight is 427 g/mol. The number of nitrogens with zero attached hydrogens (tertiary/aromatic N) is 3. The zero-order chi connectivity index (χ0) is 22.4. The lowest BCUT2D eigenvalue weighted by atomic mass is 10.1. The van der Waals surface area contributed by atoms with Crippen LogP contribution in [0, 0.1) is 0 Å². The van der Waals surface area contributed by atoms with Crippen LogP contribution in [-0.4, -0.2) is 55.4 Å². The molecule has 2 aromatic heterocycles. The topological polar surface area (TPSA) is 127 Å². The Bertz CT molecular complexity index is 1020. The summed E-state index contributed by atoms with van der Waals surface area (Å²) in [5.74, 6) is 0.266. The van der Waals surface area contributed by atoms with E-state index in [1.54, 1.807) is 30.6 Å². The molecule has 164 valence electrons. The second-order valence-corrected chi connectivity index (χ2v) is 7.10. The molecule has 0 aliphatic heterocycles. The molecule has 0 fully saturated rings. The van der Waals surface area contributed by atoms with Gasteiger partial charge in [0.25, 0.3) is 0 Å². The number of aromatic nitrogens is 3. The summed E-state index contributed by atoms with van der Waals surface area (Å²) in [7, 11) is 0. The first-order chi connectivity index (χ1) is 15.0. The van der Waals surface area contributed by atoms with Crippen molar-refractivity contribution >= 4 is 6.29 Å². The highest BCUT2D eigenvalue weighted by molar-refractivity contribution is 5.83. The maximum absolute atomic E-state index is 11.7. The van der Waals surface area contributed by atoms with Crippen LogP contribution in [0.2, 0.25) is 0 Å². The van der Waals surface area contributed by atoms with Crippen LogP contribution >= 0.6 is 0 Å². The van der Waals surface area contributed by atoms with Gasteiger partial charge in [-0.25, -0.2) is 0 Å². The standard InChI is InChI=1S/C22H25N3O6/c1-14(2)25-17(8-10-24-25)21-15(5-4-9-23-21)13-30-19-6-3-7-20(16(19)11-26)31-22(29)18(28)12-27/h3-11,14,18,22,27-29H,12-13H2,1-2H3. The van der Waals surface area contributed by atoms with Gasteiger partial charge in [0.05, 0.1) is 23.6 Å². The number of carbonyl (C=O) groups is 1. The Hall–Kier alpha value is -3.27. The van der Waals surface area contributed by atoms with Crippen LogP contribution in [0.25, 0.3) is 11.4 Å². The van der Waals surface area contributed by atoms with Gasteiger partial charge < -0.3 is 24.8 Å². The number of carbonyl (C=O) groups excluding carboxylic acids is 1. The van der Waals surface area contributed by atoms with Crippen molar-refractivity contribution in [3.63, 3.8) is 0 Å². The first-order valence-corrected chi connectivity index (χ1v) is 9.78. The van der Waals surface area contributed by atoms with Crippen LogP contribution in [0.1, 0.15) is 35.8 Å². The molecule has 31 heavy (non-hydrogen) atoms. The minimum absolute atomic E-state index is 0.0248. The first-order valence-electron chi connectivity index (χ1n) is 9.78. The number of aldehydes is 1. The molecule has 0 saturated heterocycles. The molecule has 1 aromatic carbocycles. The molecule has 0 bridgehead atoms. The quantitative estimate of drug-likeness (QED) is 0.331. The Balaban J connectivity index is 1.85. The molecule has 2 atom stereocenters. The Morgan fingerprint density at radius 1 is 1.10 bits per heavy atom. The third kappa shape index (κ3) is 5.08. The highest BCUT2D eigenvalue weighted by Gasteiger charge is 2.20. The van der Waals surface area contributed by atoms with Crippen molar-refractivity contribution in [1.29, 1.82) is 0 Å². The van der Waals surface area contributed by atoms with Gasteiger partial charge in [-0.1, -0.05) is 12.1 Å². The average Bonchev–Trinajstić information content (AvgIpc) is 3.27. The van der Waals surface area contributed by atoms with Crippen molar-refractivity contribution in [3.8, 4) is 22.9 Å². The van der Waals surface area contributed by atoms with Crippen LogP contribution in [0.5, 0.6) is 11.5 Å². The smallest absolute Gasteiger partial charge is 0.225 e. The van der Waals surface area contributed by atoms with Crippen LogP contribution in [0.15, 0.2) is 48.8 Å². The molecule has 3 rings (SSSR count). The Labute approximate surface area is 179 Å². The zero-order valence-corrected chi connectivity index (χ0v) is 17.3. The maximum Gasteiger partial charge on any atom is 0.225 e. The van der Waals surface area contributed by atoms with Crippen molar-refractivity contribution in [2.75, 3.05) is 6.61 Å². The highest BCUT2D eigenvalue weighted by Crippen LogP contribution is 2.30. The number of pyridine rings is 1. The third-order valence-corrected chi connectivity index (χ3v) is 4.58. The number of rotatable bonds is 10. The van der Waals surface area contributed by atoms with E-state index in [9.17, 15) is 15.0 Å². The molecule has 9 nitrogen and oxygen atoms in total. The normalized spacial score (nSPS) is 13.1. The lowest BCUT2D eigenvalue weighted by molar-refractivity contribution is -0.118. The van der Waals surface area contributed by atoms with Crippen LogP contribution < -0.4 is 9.47 Å². The highest BCUT2D eigenvalue weighted by atomic mass is 16.6. The molecule has 0 spiro atoms. The molecule has 0 aliphatic rings. The predicted octanol–water partition coefficient (Wildman–Crippen LogP) is 1.97. The van der Waals surface area contributed by atoms with Crippen molar-refractivity contribution in [2.24, 2.45) is 0 Å². The molecular formula is C22H25N3O6. The van der Waals surface area contributed by atoms with E-state index in [1.165, 1.54) is 6.07 Å². The summed E-state index contributed by atoms with van der Waals surface area (Å²) in [6.45, 7) is 3.49. The molecule has 2 unspecified atom stereocenters. The zero-order valence-electron chi connectivity index (χ0n) is 17.3. The summed E-state index contributed by atoms with van der Waals surface area (Å²) in [5, 5.41) is 32.6. The van der Waals surface area contributed by atoms with Crippen molar-refractivity contribution in [2.45, 2.75) is 38.9 Å². The largest absolute Gasteiger partial charge is 0.488 e. The Morgan fingerprint density at radius 3 is 2.58 bits per heavy atom. The van der Waals surface area contributed by atoms with E-state index in [1.807, 2.05) is 30.7 Å². The molecule has 0 radical (unpaired) electrons. The summed E-state index contributed by atoms with van der Waals surface area (Å²) in [6.07, 6.45) is 0.746. The van der Waals surface area contributed by atoms with Gasteiger partial charge >= 0.3 is 0 Å². The van der Waals surface area contributed by atoms with E-state index in [0.29, 0.717) is 6.29 Å². The lowest BCUT2D eigenvalue weighted by Crippen LogP contribution is -2.34. The van der Waals surface area contributed by atoms with E-state index in [-0.39, 0.29) is 29.7 Å². The van der Waals surface area contributed by atoms with Gasteiger partial charge in [-0.3, -0.25) is 14.5 Å². The number of aliphatic hydroxyl groups is 3. The molecule has 0 aliphatic carbocycles. The van der Waals surface area contributed by atoms with Crippen LogP contribution in [-0.2, 0) is 6.61 Å². The SMILES string of the molecule is CC(C)n1nccc1-c1ncccc1COc1cccc(OC(O)C(O)CO)c1C=O. The number of benzene rings is 1. The lowest BCUT2D eigenvalue weighted by Gasteiger charge is -2.19. The first kappa shape index (κ1) is 22.4. The number of hydrogen-bond acceptors (Lipinski definition) is 8. The van der Waals surface area contributed by atoms with E-state index >= 15 is 0 Å². The van der Waals surface area contributed by atoms with Crippen molar-refractivity contribution in [1.82, 2.24) is 14.8 Å². The predicted molar refractivity (Wildman–Crippen MR) is 112 cm³/mol. The molecule has 9 heteroatoms. The van der Waals surface area contributed by atoms with Crippen LogP contribution in [0.3, 0.4) is 0 Å². The van der Waals surface area contributed by atoms with Gasteiger partial charge in [0.2, 0.25) is 6.29 Å². The van der Waals surface area contributed by atoms with E-state index in [2.05, 4.69) is 10.1 Å². The summed E-state index contributed by atoms with van der Waals surface area (Å²) in [5.41, 5.74) is 2.44. The van der Waals surface area contributed by atoms with Gasteiger partial charge in [-0.15, -0.1) is 0 Å². The minimum atomic E-state index is -1.69. The van der Waals surface area contributed by atoms with Gasteiger partial charge in [0.15, 0.2) is 6.29 Å². The fraction of sp³-hybridized carbons (Fsp3) is 0.318. The molecule has 0 amide bonds. The van der Waals surface area contributed by atoms with Crippen molar-refractivity contribution < 1.29 is 29.6 Å². The van der Waals surface area contributed by atoms with E-state index in [4.69, 9.17) is 14.6 Å². The number of ether oxygens (including phenoxy) is 2. The van der Waals surface area contributed by atoms with Gasteiger partial charge in [-0.05, 0) is 38.1 Å². The fourth-order valence-corrected chi connectivity index (χ4v) is 3.02. The summed E-state index contributed by atoms with van der Waals surface area (Å²) in [4.78, 5) is 16.2. The number of aliphatic hydroxyl groups excluding tert-OH is 3. The second kappa shape index (κ2) is 10.2. The summed E-state index contributed by atoms with van der Waals surface area (Å²) in [6, 6.07) is 10.4. The Morgan fingerprint density at radius 2 is 1.87 bits per heavy atom. The van der Waals surface area contributed by atoms with E-state index in [0.717, 1.165) is 17.0 Å². The maximum atomic E-state index is 11.7. The minimum Gasteiger partial charge on any atom is -0.488 e. The fourth-order valence-electron chi connectivity index (χ4n) is 3.02. The molecule has 3 N–H and O–H groups in total. The molecular weight excluding hydrogens is 402 g/mol. The molecule has 2 heterocycles. The van der Waals surface area contributed by atoms with Crippen molar-refractivity contribution in [3.05, 3.63) is 59.9 Å². The monoisotopic (exact) mass is 427 g/mol. The Kier molecular flexibility index (Phi) is 7.35. The summed E-state index contributed by atoms with van der Waals surface area (Å²) < 4.78 is 13.0. The second-order valence-electron chi connectivity index (χ2n) is 7.10. The van der Waals surface area contributed by atoms with Gasteiger partial charge in [0, 0.05) is 24.0 Å².